The van der Waals surface area contributed by atoms with Crippen LogP contribution in [-0.4, -0.2) is 39.6 Å². The molecule has 7 nitrogen and oxygen atoms in total. The van der Waals surface area contributed by atoms with Gasteiger partial charge in [-0.2, -0.15) is 4.39 Å². The fourth-order valence-corrected chi connectivity index (χ4v) is 3.41. The lowest BCUT2D eigenvalue weighted by Gasteiger charge is -2.09. The molecule has 0 aliphatic carbocycles. The largest absolute Gasteiger partial charge is 0.310 e. The second kappa shape index (κ2) is 7.47. The molecule has 8 heteroatoms. The fourth-order valence-electron chi connectivity index (χ4n) is 3.41. The molecule has 3 heterocycles. The number of imide groups is 1. The molecule has 0 spiro atoms. The highest BCUT2D eigenvalue weighted by molar-refractivity contribution is 6.22. The van der Waals surface area contributed by atoms with E-state index in [-0.39, 0.29) is 23.8 Å². The molecular formula is C22H17FN4O3. The average molecular weight is 404 g/mol. The maximum atomic E-state index is 12.9. The van der Waals surface area contributed by atoms with E-state index in [0.717, 1.165) is 16.0 Å². The van der Waals surface area contributed by atoms with Gasteiger partial charge in [0.15, 0.2) is 0 Å². The lowest BCUT2D eigenvalue weighted by Crippen LogP contribution is -2.24. The number of pyridine rings is 2. The first-order valence-electron chi connectivity index (χ1n) is 9.17. The van der Waals surface area contributed by atoms with Crippen LogP contribution in [0.2, 0.25) is 0 Å². The van der Waals surface area contributed by atoms with Crippen LogP contribution in [0.3, 0.4) is 0 Å². The summed E-state index contributed by atoms with van der Waals surface area (Å²) in [7, 11) is 1.42. The van der Waals surface area contributed by atoms with Crippen LogP contribution >= 0.6 is 0 Å². The van der Waals surface area contributed by atoms with Crippen LogP contribution in [0.25, 0.3) is 11.1 Å². The van der Waals surface area contributed by atoms with E-state index >= 15 is 0 Å². The molecule has 3 aromatic rings. The van der Waals surface area contributed by atoms with Gasteiger partial charge >= 0.3 is 0 Å². The molecule has 30 heavy (non-hydrogen) atoms. The molecule has 0 fully saturated rings. The van der Waals surface area contributed by atoms with Crippen molar-refractivity contribution in [2.45, 2.75) is 13.3 Å². The number of rotatable bonds is 4. The lowest BCUT2D eigenvalue weighted by atomic mass is 9.97. The quantitative estimate of drug-likeness (QED) is 0.533. The van der Waals surface area contributed by atoms with E-state index < -0.39 is 11.9 Å². The number of nitrogens with one attached hydrogen (secondary N) is 1. The first-order chi connectivity index (χ1) is 14.3. The summed E-state index contributed by atoms with van der Waals surface area (Å²) in [4.78, 5) is 46.0. The number of anilines is 1. The number of hydrogen-bond donors (Lipinski definition) is 1. The summed E-state index contributed by atoms with van der Waals surface area (Å²) in [6, 6.07) is 9.60. The van der Waals surface area contributed by atoms with Gasteiger partial charge in [-0.15, -0.1) is 0 Å². The predicted octanol–water partition coefficient (Wildman–Crippen LogP) is 3.00. The van der Waals surface area contributed by atoms with Crippen LogP contribution in [0.1, 0.15) is 31.8 Å². The third-order valence-corrected chi connectivity index (χ3v) is 4.86. The van der Waals surface area contributed by atoms with E-state index in [1.54, 1.807) is 36.5 Å². The van der Waals surface area contributed by atoms with Crippen molar-refractivity contribution in [3.63, 3.8) is 0 Å². The highest BCUT2D eigenvalue weighted by Gasteiger charge is 2.35. The Labute approximate surface area is 171 Å². The molecule has 4 rings (SSSR count). The lowest BCUT2D eigenvalue weighted by molar-refractivity contribution is -0.115. The molecular weight excluding hydrogens is 387 g/mol. The summed E-state index contributed by atoms with van der Waals surface area (Å²) in [6.45, 7) is 1.81. The van der Waals surface area contributed by atoms with Gasteiger partial charge in [0.2, 0.25) is 11.9 Å². The van der Waals surface area contributed by atoms with Gasteiger partial charge in [-0.25, -0.2) is 9.97 Å². The summed E-state index contributed by atoms with van der Waals surface area (Å²) in [6.07, 6.45) is 2.88. The van der Waals surface area contributed by atoms with Gasteiger partial charge in [0.1, 0.15) is 5.82 Å². The minimum atomic E-state index is -0.565. The van der Waals surface area contributed by atoms with Crippen molar-refractivity contribution < 1.29 is 18.8 Å². The van der Waals surface area contributed by atoms with E-state index in [0.29, 0.717) is 22.5 Å². The van der Waals surface area contributed by atoms with Gasteiger partial charge in [-0.05, 0) is 48.4 Å². The Kier molecular flexibility index (Phi) is 4.83. The number of aromatic nitrogens is 2. The van der Waals surface area contributed by atoms with Crippen LogP contribution < -0.4 is 5.32 Å². The number of nitrogens with zero attached hydrogens (tertiary/aromatic N) is 3. The summed E-state index contributed by atoms with van der Waals surface area (Å²) in [5.41, 5.74) is 3.31. The third kappa shape index (κ3) is 3.55. The van der Waals surface area contributed by atoms with Crippen molar-refractivity contribution in [1.29, 1.82) is 0 Å². The Morgan fingerprint density at radius 2 is 1.73 bits per heavy atom. The van der Waals surface area contributed by atoms with E-state index in [1.807, 2.05) is 6.92 Å². The summed E-state index contributed by atoms with van der Waals surface area (Å²) < 4.78 is 12.9. The molecule has 0 saturated heterocycles. The molecule has 0 atom stereocenters. The number of benzene rings is 1. The zero-order valence-corrected chi connectivity index (χ0v) is 16.3. The number of fused-ring (bicyclic) bond motifs is 1. The van der Waals surface area contributed by atoms with Crippen LogP contribution in [-0.2, 0) is 11.2 Å². The first kappa shape index (κ1) is 19.4. The monoisotopic (exact) mass is 404 g/mol. The first-order valence-corrected chi connectivity index (χ1v) is 9.17. The molecule has 3 amide bonds. The smallest absolute Gasteiger partial charge is 0.261 e. The van der Waals surface area contributed by atoms with E-state index in [2.05, 4.69) is 15.3 Å². The highest BCUT2D eigenvalue weighted by Crippen LogP contribution is 2.27. The second-order valence-corrected chi connectivity index (χ2v) is 7.04. The fraction of sp³-hybridized carbons (Fsp3) is 0.136. The second-order valence-electron chi connectivity index (χ2n) is 7.04. The number of carbonyl (C=O) groups is 3. The molecule has 2 aromatic heterocycles. The number of aryl methyl sites for hydroxylation is 1. The highest BCUT2D eigenvalue weighted by atomic mass is 19.1. The third-order valence-electron chi connectivity index (χ3n) is 4.86. The van der Waals surface area contributed by atoms with Crippen molar-refractivity contribution in [3.8, 4) is 11.1 Å². The topological polar surface area (TPSA) is 92.3 Å². The Balaban J connectivity index is 1.51. The van der Waals surface area contributed by atoms with Crippen molar-refractivity contribution in [3.05, 3.63) is 77.0 Å². The normalized spacial score (nSPS) is 12.8. The van der Waals surface area contributed by atoms with Crippen LogP contribution in [0.5, 0.6) is 0 Å². The molecule has 1 aliphatic rings. The SMILES string of the molecule is Cc1cc(CC(=O)Nc2ccc(-c3ccc(F)nc3)cn2)c2c(c1)C(=O)N(C)C2=O. The molecule has 1 N–H and O–H groups in total. The van der Waals surface area contributed by atoms with Crippen molar-refractivity contribution >= 4 is 23.5 Å². The van der Waals surface area contributed by atoms with Crippen molar-refractivity contribution in [2.24, 2.45) is 0 Å². The van der Waals surface area contributed by atoms with Crippen LogP contribution in [0.4, 0.5) is 10.2 Å². The predicted molar refractivity (Wildman–Crippen MR) is 107 cm³/mol. The maximum absolute atomic E-state index is 12.9. The summed E-state index contributed by atoms with van der Waals surface area (Å²) >= 11 is 0. The summed E-state index contributed by atoms with van der Waals surface area (Å²) in [5.74, 6) is -1.37. The Bertz CT molecular complexity index is 1170. The van der Waals surface area contributed by atoms with Gasteiger partial charge in [0.25, 0.3) is 11.8 Å². The Morgan fingerprint density at radius 3 is 2.37 bits per heavy atom. The molecule has 1 aliphatic heterocycles. The summed E-state index contributed by atoms with van der Waals surface area (Å²) in [5, 5.41) is 2.69. The molecule has 150 valence electrons. The zero-order chi connectivity index (χ0) is 21.4. The number of amides is 3. The molecule has 0 bridgehead atoms. The van der Waals surface area contributed by atoms with E-state index in [4.69, 9.17) is 0 Å². The standard InChI is InChI=1S/C22H17FN4O3/c1-12-7-15(20-16(8-12)21(29)27(2)22(20)30)9-19(28)26-18-6-4-14(11-25-18)13-3-5-17(23)24-10-13/h3-8,10-11H,9H2,1-2H3,(H,25,26,28). The molecule has 0 radical (unpaired) electrons. The number of hydrogen-bond acceptors (Lipinski definition) is 5. The average Bonchev–Trinajstić information content (AvgIpc) is 2.93. The van der Waals surface area contributed by atoms with Crippen molar-refractivity contribution in [1.82, 2.24) is 14.9 Å². The van der Waals surface area contributed by atoms with Crippen molar-refractivity contribution in [2.75, 3.05) is 12.4 Å². The molecule has 1 aromatic carbocycles. The Morgan fingerprint density at radius 1 is 1.03 bits per heavy atom. The molecule has 0 saturated carbocycles. The van der Waals surface area contributed by atoms with E-state index in [1.165, 1.54) is 19.3 Å². The van der Waals surface area contributed by atoms with Gasteiger partial charge in [0, 0.05) is 30.6 Å². The van der Waals surface area contributed by atoms with Crippen LogP contribution in [0.15, 0.2) is 48.8 Å². The number of halogens is 1. The maximum Gasteiger partial charge on any atom is 0.261 e. The minimum absolute atomic E-state index is 0.0673. The molecule has 0 unspecified atom stereocenters. The number of carbonyl (C=O) groups excluding carboxylic acids is 3. The van der Waals surface area contributed by atoms with Gasteiger partial charge in [-0.3, -0.25) is 19.3 Å². The van der Waals surface area contributed by atoms with Gasteiger partial charge in [-0.1, -0.05) is 6.07 Å². The van der Waals surface area contributed by atoms with E-state index in [9.17, 15) is 18.8 Å². The Hall–Kier alpha value is -3.94. The minimum Gasteiger partial charge on any atom is -0.310 e. The zero-order valence-electron chi connectivity index (χ0n) is 16.3. The van der Waals surface area contributed by atoms with Gasteiger partial charge in [0.05, 0.1) is 17.5 Å². The van der Waals surface area contributed by atoms with Crippen LogP contribution in [0, 0.1) is 12.9 Å². The van der Waals surface area contributed by atoms with Gasteiger partial charge < -0.3 is 5.32 Å².